The van der Waals surface area contributed by atoms with Crippen molar-refractivity contribution in [2.75, 3.05) is 33.9 Å². The number of ether oxygens (including phenoxy) is 3. The third-order valence-corrected chi connectivity index (χ3v) is 2.87. The van der Waals surface area contributed by atoms with E-state index < -0.39 is 12.2 Å². The average molecular weight is 273 g/mol. The molecule has 1 heterocycles. The lowest BCUT2D eigenvalue weighted by molar-refractivity contribution is -0.145. The van der Waals surface area contributed by atoms with Gasteiger partial charge in [-0.3, -0.25) is 4.79 Å². The molecule has 1 aliphatic rings. The van der Waals surface area contributed by atoms with Gasteiger partial charge >= 0.3 is 0 Å². The number of rotatable bonds is 8. The summed E-state index contributed by atoms with van der Waals surface area (Å²) in [5, 5.41) is 9.99. The highest BCUT2D eigenvalue weighted by Gasteiger charge is 2.27. The number of hydrogen-bond donors (Lipinski definition) is 1. The number of hydrogen-bond acceptors (Lipinski definition) is 5. The summed E-state index contributed by atoms with van der Waals surface area (Å²) in [6.07, 6.45) is 0.804. The molecular formula is C13H23NO5. The van der Waals surface area contributed by atoms with Gasteiger partial charge in [0.2, 0.25) is 5.91 Å². The molecule has 0 aromatic carbocycles. The molecule has 0 aromatic heterocycles. The average Bonchev–Trinajstić information content (AvgIpc) is 2.86. The SMILES string of the molecule is C=CC[C@H](O)[C@H](CC1OCCO1)OCC(=O)N(C)C. The van der Waals surface area contributed by atoms with E-state index in [1.165, 1.54) is 4.90 Å². The van der Waals surface area contributed by atoms with Gasteiger partial charge in [-0.2, -0.15) is 0 Å². The fourth-order valence-corrected chi connectivity index (χ4v) is 1.70. The van der Waals surface area contributed by atoms with Crippen molar-refractivity contribution < 1.29 is 24.1 Å². The lowest BCUT2D eigenvalue weighted by atomic mass is 10.1. The molecule has 1 rings (SSSR count). The van der Waals surface area contributed by atoms with Crippen LogP contribution >= 0.6 is 0 Å². The maximum Gasteiger partial charge on any atom is 0.248 e. The molecule has 0 radical (unpaired) electrons. The lowest BCUT2D eigenvalue weighted by Gasteiger charge is -2.25. The lowest BCUT2D eigenvalue weighted by Crippen LogP contribution is -2.36. The van der Waals surface area contributed by atoms with Gasteiger partial charge in [-0.15, -0.1) is 6.58 Å². The first kappa shape index (κ1) is 16.1. The Balaban J connectivity index is 2.47. The van der Waals surface area contributed by atoms with Crippen molar-refractivity contribution in [3.8, 4) is 0 Å². The summed E-state index contributed by atoms with van der Waals surface area (Å²) >= 11 is 0. The third-order valence-electron chi connectivity index (χ3n) is 2.87. The number of aliphatic hydroxyl groups is 1. The molecule has 110 valence electrons. The fourth-order valence-electron chi connectivity index (χ4n) is 1.70. The molecule has 1 amide bonds. The van der Waals surface area contributed by atoms with E-state index in [2.05, 4.69) is 6.58 Å². The van der Waals surface area contributed by atoms with Crippen LogP contribution in [0.4, 0.5) is 0 Å². The van der Waals surface area contributed by atoms with Crippen LogP contribution in [0.25, 0.3) is 0 Å². The molecule has 0 saturated carbocycles. The summed E-state index contributed by atoms with van der Waals surface area (Å²) in [5.41, 5.74) is 0. The molecule has 1 aliphatic heterocycles. The Labute approximate surface area is 113 Å². The van der Waals surface area contributed by atoms with E-state index in [4.69, 9.17) is 14.2 Å². The van der Waals surface area contributed by atoms with E-state index >= 15 is 0 Å². The van der Waals surface area contributed by atoms with Crippen LogP contribution in [0.2, 0.25) is 0 Å². The predicted octanol–water partition coefficient (Wildman–Crippen LogP) is 0.160. The van der Waals surface area contributed by atoms with Crippen molar-refractivity contribution >= 4 is 5.91 Å². The van der Waals surface area contributed by atoms with Crippen LogP contribution in [0.1, 0.15) is 12.8 Å². The van der Waals surface area contributed by atoms with Gasteiger partial charge in [0.1, 0.15) is 6.61 Å². The quantitative estimate of drug-likeness (QED) is 0.638. The van der Waals surface area contributed by atoms with Gasteiger partial charge in [-0.25, -0.2) is 0 Å². The standard InChI is InChI=1S/C13H23NO5/c1-4-5-10(15)11(8-13-17-6-7-18-13)19-9-12(16)14(2)3/h4,10-11,13,15H,1,5-9H2,2-3H3/t10-,11-/m0/s1. The van der Waals surface area contributed by atoms with Gasteiger partial charge in [0, 0.05) is 20.5 Å². The molecule has 0 aliphatic carbocycles. The summed E-state index contributed by atoms with van der Waals surface area (Å²) in [6, 6.07) is 0. The number of carbonyl (C=O) groups is 1. The van der Waals surface area contributed by atoms with E-state index in [1.807, 2.05) is 0 Å². The smallest absolute Gasteiger partial charge is 0.248 e. The molecule has 0 bridgehead atoms. The Morgan fingerprint density at radius 3 is 2.68 bits per heavy atom. The summed E-state index contributed by atoms with van der Waals surface area (Å²) < 4.78 is 16.2. The Kier molecular flexibility index (Phi) is 7.01. The van der Waals surface area contributed by atoms with Crippen LogP contribution in [0, 0.1) is 0 Å². The molecule has 1 fully saturated rings. The minimum absolute atomic E-state index is 0.0708. The summed E-state index contributed by atoms with van der Waals surface area (Å²) in [4.78, 5) is 12.9. The van der Waals surface area contributed by atoms with Gasteiger partial charge in [0.15, 0.2) is 6.29 Å². The zero-order valence-electron chi connectivity index (χ0n) is 11.6. The second-order valence-electron chi connectivity index (χ2n) is 4.64. The Morgan fingerprint density at radius 1 is 1.53 bits per heavy atom. The van der Waals surface area contributed by atoms with Gasteiger partial charge < -0.3 is 24.2 Å². The highest BCUT2D eigenvalue weighted by Crippen LogP contribution is 2.17. The summed E-state index contributed by atoms with van der Waals surface area (Å²) in [7, 11) is 3.31. The minimum atomic E-state index is -0.722. The van der Waals surface area contributed by atoms with Crippen molar-refractivity contribution in [1.29, 1.82) is 0 Å². The molecule has 0 aromatic rings. The van der Waals surface area contributed by atoms with Crippen LogP contribution < -0.4 is 0 Å². The molecule has 2 atom stereocenters. The van der Waals surface area contributed by atoms with Crippen molar-refractivity contribution in [3.05, 3.63) is 12.7 Å². The van der Waals surface area contributed by atoms with Crippen molar-refractivity contribution in [1.82, 2.24) is 4.90 Å². The van der Waals surface area contributed by atoms with E-state index in [0.29, 0.717) is 26.1 Å². The highest BCUT2D eigenvalue weighted by molar-refractivity contribution is 5.76. The monoisotopic (exact) mass is 273 g/mol. The molecule has 1 N–H and O–H groups in total. The maximum absolute atomic E-state index is 11.5. The zero-order chi connectivity index (χ0) is 14.3. The van der Waals surface area contributed by atoms with Crippen LogP contribution in [-0.2, 0) is 19.0 Å². The Hall–Kier alpha value is -0.950. The minimum Gasteiger partial charge on any atom is -0.390 e. The topological polar surface area (TPSA) is 68.2 Å². The molecule has 0 unspecified atom stereocenters. The number of carbonyl (C=O) groups excluding carboxylic acids is 1. The zero-order valence-corrected chi connectivity index (χ0v) is 11.6. The number of likely N-dealkylation sites (N-methyl/N-ethyl adjacent to an activating group) is 1. The van der Waals surface area contributed by atoms with Crippen LogP contribution in [0.15, 0.2) is 12.7 Å². The van der Waals surface area contributed by atoms with Crippen LogP contribution in [0.3, 0.4) is 0 Å². The number of amides is 1. The van der Waals surface area contributed by atoms with E-state index in [9.17, 15) is 9.90 Å². The second-order valence-corrected chi connectivity index (χ2v) is 4.64. The molecular weight excluding hydrogens is 250 g/mol. The Morgan fingerprint density at radius 2 is 2.16 bits per heavy atom. The molecule has 6 heteroatoms. The normalized spacial score (nSPS) is 19.1. The molecule has 19 heavy (non-hydrogen) atoms. The van der Waals surface area contributed by atoms with E-state index in [1.54, 1.807) is 20.2 Å². The Bertz CT molecular complexity index is 289. The van der Waals surface area contributed by atoms with E-state index in [0.717, 1.165) is 0 Å². The van der Waals surface area contributed by atoms with Crippen molar-refractivity contribution in [2.45, 2.75) is 31.3 Å². The first-order valence-electron chi connectivity index (χ1n) is 6.38. The third kappa shape index (κ3) is 5.69. The first-order valence-corrected chi connectivity index (χ1v) is 6.38. The molecule has 1 saturated heterocycles. The summed E-state index contributed by atoms with van der Waals surface area (Å²) in [6.45, 7) is 4.61. The fraction of sp³-hybridized carbons (Fsp3) is 0.769. The maximum atomic E-state index is 11.5. The molecule has 0 spiro atoms. The van der Waals surface area contributed by atoms with Crippen LogP contribution in [-0.4, -0.2) is 68.3 Å². The van der Waals surface area contributed by atoms with Gasteiger partial charge in [-0.05, 0) is 6.42 Å². The van der Waals surface area contributed by atoms with Crippen molar-refractivity contribution in [3.63, 3.8) is 0 Å². The summed E-state index contributed by atoms with van der Waals surface area (Å²) in [5.74, 6) is -0.149. The number of nitrogens with zero attached hydrogens (tertiary/aromatic N) is 1. The van der Waals surface area contributed by atoms with Crippen LogP contribution in [0.5, 0.6) is 0 Å². The van der Waals surface area contributed by atoms with E-state index in [-0.39, 0.29) is 18.8 Å². The van der Waals surface area contributed by atoms with Gasteiger partial charge in [0.25, 0.3) is 0 Å². The molecule has 6 nitrogen and oxygen atoms in total. The van der Waals surface area contributed by atoms with Crippen molar-refractivity contribution in [2.24, 2.45) is 0 Å². The van der Waals surface area contributed by atoms with Gasteiger partial charge in [-0.1, -0.05) is 6.08 Å². The first-order chi connectivity index (χ1) is 9.04. The predicted molar refractivity (Wildman–Crippen MR) is 69.6 cm³/mol. The largest absolute Gasteiger partial charge is 0.390 e. The van der Waals surface area contributed by atoms with Gasteiger partial charge in [0.05, 0.1) is 25.4 Å². The number of aliphatic hydroxyl groups excluding tert-OH is 1. The highest BCUT2D eigenvalue weighted by atomic mass is 16.7. The second kappa shape index (κ2) is 8.27.